The summed E-state index contributed by atoms with van der Waals surface area (Å²) >= 11 is 0. The van der Waals surface area contributed by atoms with Crippen molar-refractivity contribution in [3.8, 4) is 0 Å². The van der Waals surface area contributed by atoms with E-state index in [-0.39, 0.29) is 23.4 Å². The van der Waals surface area contributed by atoms with Crippen molar-refractivity contribution >= 4 is 11.7 Å². The number of nitrogens with two attached hydrogens (primary N) is 1. The Balaban J connectivity index is 3.08. The van der Waals surface area contributed by atoms with Crippen LogP contribution in [-0.2, 0) is 0 Å². The van der Waals surface area contributed by atoms with Crippen LogP contribution in [0, 0.1) is 5.92 Å². The predicted molar refractivity (Wildman–Crippen MR) is 79.3 cm³/mol. The maximum absolute atomic E-state index is 12.4. The Hall–Kier alpha value is -2.05. The standard InChI is InChI=1S/C13H23N5O2/c1-5-17(8-10(4)11(14)16-20)12-13(19)18(9(2)3)7-6-15-12/h6-7,9-10,20H,5,8H2,1-4H3,(H2,14,16). The lowest BCUT2D eigenvalue weighted by molar-refractivity contribution is 0.314. The summed E-state index contributed by atoms with van der Waals surface area (Å²) in [5, 5.41) is 11.7. The minimum absolute atomic E-state index is 0.0736. The lowest BCUT2D eigenvalue weighted by atomic mass is 10.1. The lowest BCUT2D eigenvalue weighted by Gasteiger charge is -2.25. The molecule has 0 aliphatic heterocycles. The van der Waals surface area contributed by atoms with E-state index >= 15 is 0 Å². The molecule has 0 amide bonds. The summed E-state index contributed by atoms with van der Waals surface area (Å²) in [6, 6.07) is 0.0736. The van der Waals surface area contributed by atoms with Crippen LogP contribution in [0.2, 0.25) is 0 Å². The van der Waals surface area contributed by atoms with E-state index < -0.39 is 0 Å². The first-order valence-corrected chi connectivity index (χ1v) is 6.71. The third-order valence-corrected chi connectivity index (χ3v) is 3.20. The minimum Gasteiger partial charge on any atom is -0.409 e. The van der Waals surface area contributed by atoms with Crippen LogP contribution in [0.1, 0.15) is 33.7 Å². The second-order valence-corrected chi connectivity index (χ2v) is 5.02. The highest BCUT2D eigenvalue weighted by Crippen LogP contribution is 2.09. The lowest BCUT2D eigenvalue weighted by Crippen LogP contribution is -2.39. The first kappa shape index (κ1) is 16.0. The van der Waals surface area contributed by atoms with Gasteiger partial charge in [-0.1, -0.05) is 12.1 Å². The molecule has 20 heavy (non-hydrogen) atoms. The van der Waals surface area contributed by atoms with Crippen molar-refractivity contribution in [2.75, 3.05) is 18.0 Å². The molecule has 0 bridgehead atoms. The Morgan fingerprint density at radius 1 is 1.55 bits per heavy atom. The molecule has 0 saturated carbocycles. The molecule has 7 heteroatoms. The number of oxime groups is 1. The van der Waals surface area contributed by atoms with Gasteiger partial charge in [-0.05, 0) is 20.8 Å². The Kier molecular flexibility index (Phi) is 5.54. The van der Waals surface area contributed by atoms with Crippen LogP contribution < -0.4 is 16.2 Å². The molecule has 0 radical (unpaired) electrons. The molecule has 1 aromatic rings. The highest BCUT2D eigenvalue weighted by molar-refractivity contribution is 5.82. The van der Waals surface area contributed by atoms with Crippen LogP contribution in [0.25, 0.3) is 0 Å². The monoisotopic (exact) mass is 281 g/mol. The van der Waals surface area contributed by atoms with Crippen molar-refractivity contribution in [3.63, 3.8) is 0 Å². The van der Waals surface area contributed by atoms with Gasteiger partial charge in [0, 0.05) is 37.4 Å². The number of amidine groups is 1. The smallest absolute Gasteiger partial charge is 0.293 e. The fourth-order valence-corrected chi connectivity index (χ4v) is 1.93. The molecule has 0 aliphatic rings. The van der Waals surface area contributed by atoms with Crippen LogP contribution in [0.4, 0.5) is 5.82 Å². The molecule has 3 N–H and O–H groups in total. The van der Waals surface area contributed by atoms with Crippen molar-refractivity contribution in [2.24, 2.45) is 16.8 Å². The highest BCUT2D eigenvalue weighted by Gasteiger charge is 2.18. The number of nitrogens with zero attached hydrogens (tertiary/aromatic N) is 4. The average molecular weight is 281 g/mol. The number of anilines is 1. The topological polar surface area (TPSA) is 96.7 Å². The summed E-state index contributed by atoms with van der Waals surface area (Å²) in [6.07, 6.45) is 3.30. The zero-order valence-electron chi connectivity index (χ0n) is 12.4. The van der Waals surface area contributed by atoms with Gasteiger partial charge in [0.2, 0.25) is 0 Å². The van der Waals surface area contributed by atoms with E-state index in [1.165, 1.54) is 0 Å². The molecule has 1 atom stereocenters. The minimum atomic E-state index is -0.172. The normalized spacial score (nSPS) is 13.6. The summed E-state index contributed by atoms with van der Waals surface area (Å²) in [5.41, 5.74) is 5.45. The van der Waals surface area contributed by atoms with E-state index in [4.69, 9.17) is 10.9 Å². The molecule has 0 spiro atoms. The first-order valence-electron chi connectivity index (χ1n) is 6.71. The molecule has 0 fully saturated rings. The van der Waals surface area contributed by atoms with Gasteiger partial charge < -0.3 is 20.4 Å². The number of rotatable bonds is 6. The number of aromatic nitrogens is 2. The molecule has 0 saturated heterocycles. The Morgan fingerprint density at radius 3 is 2.70 bits per heavy atom. The van der Waals surface area contributed by atoms with E-state index in [2.05, 4.69) is 10.1 Å². The van der Waals surface area contributed by atoms with Gasteiger partial charge in [-0.15, -0.1) is 0 Å². The van der Waals surface area contributed by atoms with Gasteiger partial charge >= 0.3 is 0 Å². The second-order valence-electron chi connectivity index (χ2n) is 5.02. The van der Waals surface area contributed by atoms with Crippen LogP contribution in [-0.4, -0.2) is 33.7 Å². The van der Waals surface area contributed by atoms with Gasteiger partial charge in [0.15, 0.2) is 5.82 Å². The molecule has 0 aromatic carbocycles. The van der Waals surface area contributed by atoms with E-state index in [0.717, 1.165) is 0 Å². The molecular formula is C13H23N5O2. The van der Waals surface area contributed by atoms with Gasteiger partial charge in [-0.25, -0.2) is 4.98 Å². The van der Waals surface area contributed by atoms with Gasteiger partial charge in [0.05, 0.1) is 0 Å². The zero-order valence-corrected chi connectivity index (χ0v) is 12.4. The van der Waals surface area contributed by atoms with E-state index in [1.807, 2.05) is 32.6 Å². The van der Waals surface area contributed by atoms with E-state index in [0.29, 0.717) is 18.9 Å². The van der Waals surface area contributed by atoms with Gasteiger partial charge in [0.25, 0.3) is 5.56 Å². The predicted octanol–water partition coefficient (Wildman–Crippen LogP) is 1.03. The Morgan fingerprint density at radius 2 is 2.20 bits per heavy atom. The average Bonchev–Trinajstić information content (AvgIpc) is 2.43. The summed E-state index contributed by atoms with van der Waals surface area (Å²) < 4.78 is 1.64. The number of hydrogen-bond donors (Lipinski definition) is 2. The summed E-state index contributed by atoms with van der Waals surface area (Å²) in [5.74, 6) is 0.360. The van der Waals surface area contributed by atoms with E-state index in [1.54, 1.807) is 17.0 Å². The van der Waals surface area contributed by atoms with Crippen molar-refractivity contribution in [1.29, 1.82) is 0 Å². The van der Waals surface area contributed by atoms with E-state index in [9.17, 15) is 4.79 Å². The number of hydrogen-bond acceptors (Lipinski definition) is 5. The van der Waals surface area contributed by atoms with Crippen LogP contribution in [0.5, 0.6) is 0 Å². The van der Waals surface area contributed by atoms with Crippen molar-refractivity contribution < 1.29 is 5.21 Å². The molecule has 7 nitrogen and oxygen atoms in total. The van der Waals surface area contributed by atoms with Gasteiger partial charge in [-0.3, -0.25) is 4.79 Å². The molecule has 0 aliphatic carbocycles. The van der Waals surface area contributed by atoms with Crippen LogP contribution in [0.3, 0.4) is 0 Å². The maximum atomic E-state index is 12.4. The van der Waals surface area contributed by atoms with Crippen molar-refractivity contribution in [3.05, 3.63) is 22.7 Å². The largest absolute Gasteiger partial charge is 0.409 e. The maximum Gasteiger partial charge on any atom is 0.293 e. The summed E-state index contributed by atoms with van der Waals surface area (Å²) in [7, 11) is 0. The molecule has 1 heterocycles. The molecule has 112 valence electrons. The third-order valence-electron chi connectivity index (χ3n) is 3.20. The SMILES string of the molecule is CCN(CC(C)C(N)=NO)c1nccn(C(C)C)c1=O. The van der Waals surface area contributed by atoms with Crippen molar-refractivity contribution in [1.82, 2.24) is 9.55 Å². The molecule has 1 aromatic heterocycles. The second kappa shape index (κ2) is 6.93. The fraction of sp³-hybridized carbons (Fsp3) is 0.615. The van der Waals surface area contributed by atoms with Gasteiger partial charge in [0.1, 0.15) is 5.84 Å². The van der Waals surface area contributed by atoms with Crippen LogP contribution in [0.15, 0.2) is 22.3 Å². The summed E-state index contributed by atoms with van der Waals surface area (Å²) in [6.45, 7) is 8.75. The zero-order chi connectivity index (χ0) is 15.3. The van der Waals surface area contributed by atoms with Crippen molar-refractivity contribution in [2.45, 2.75) is 33.7 Å². The highest BCUT2D eigenvalue weighted by atomic mass is 16.4. The quantitative estimate of drug-likeness (QED) is 0.351. The summed E-state index contributed by atoms with van der Waals surface area (Å²) in [4.78, 5) is 18.4. The first-order chi connectivity index (χ1) is 9.42. The third kappa shape index (κ3) is 3.49. The molecule has 1 rings (SSSR count). The Bertz CT molecular complexity index is 524. The fourth-order valence-electron chi connectivity index (χ4n) is 1.93. The van der Waals surface area contributed by atoms with Crippen LogP contribution >= 0.6 is 0 Å². The molecule has 1 unspecified atom stereocenters. The van der Waals surface area contributed by atoms with Gasteiger partial charge in [-0.2, -0.15) is 0 Å². The Labute approximate surface area is 118 Å². The molecular weight excluding hydrogens is 258 g/mol.